The molecule has 2 aromatic heterocycles. The first-order valence-electron chi connectivity index (χ1n) is 17.2. The summed E-state index contributed by atoms with van der Waals surface area (Å²) >= 11 is 0.776. The molecule has 0 radical (unpaired) electrons. The summed E-state index contributed by atoms with van der Waals surface area (Å²) in [7, 11) is -16.5. The molecule has 2 aromatic rings. The molecule has 1 aliphatic heterocycles. The molecule has 0 bridgehead atoms. The molecular weight excluding hydrogens is 863 g/mol. The number of aliphatic hydroxyl groups is 2. The summed E-state index contributed by atoms with van der Waals surface area (Å²) in [6.07, 6.45) is -5.61. The second-order valence-electron chi connectivity index (χ2n) is 13.3. The van der Waals surface area contributed by atoms with Gasteiger partial charge in [0.25, 0.3) is 0 Å². The fraction of sp³-hybridized carbons (Fsp3) is 0.679. The number of nitrogens with two attached hydrogens (primary N) is 1. The van der Waals surface area contributed by atoms with E-state index < -0.39 is 102 Å². The highest BCUT2D eigenvalue weighted by Gasteiger charge is 2.50. The predicted octanol–water partition coefficient (Wildman–Crippen LogP) is -0.444. The molecule has 1 fully saturated rings. The maximum absolute atomic E-state index is 12.7. The number of nitrogens with zero attached hydrogens (tertiary/aromatic N) is 4. The smallest absolute Gasteiger partial charge is 0.481 e. The van der Waals surface area contributed by atoms with Gasteiger partial charge in [0.2, 0.25) is 16.9 Å². The molecule has 11 N–H and O–H groups in total. The van der Waals surface area contributed by atoms with Crippen molar-refractivity contribution in [2.45, 2.75) is 77.1 Å². The van der Waals surface area contributed by atoms with Gasteiger partial charge in [-0.05, 0) is 6.42 Å². The van der Waals surface area contributed by atoms with E-state index in [2.05, 4.69) is 34.4 Å². The quantitative estimate of drug-likeness (QED) is 0.0362. The zero-order valence-electron chi connectivity index (χ0n) is 31.1. The van der Waals surface area contributed by atoms with Crippen molar-refractivity contribution < 1.29 is 90.4 Å². The second-order valence-corrected chi connectivity index (χ2v) is 18.6. The van der Waals surface area contributed by atoms with E-state index in [4.69, 9.17) is 19.5 Å². The van der Waals surface area contributed by atoms with Gasteiger partial charge in [0.1, 0.15) is 42.2 Å². The van der Waals surface area contributed by atoms with Crippen LogP contribution in [0.15, 0.2) is 12.7 Å². The van der Waals surface area contributed by atoms with Gasteiger partial charge in [-0.3, -0.25) is 37.3 Å². The highest BCUT2D eigenvalue weighted by Crippen LogP contribution is 2.61. The van der Waals surface area contributed by atoms with E-state index in [1.807, 2.05) is 6.92 Å². The van der Waals surface area contributed by atoms with Crippen molar-refractivity contribution >= 4 is 75.1 Å². The van der Waals surface area contributed by atoms with E-state index in [1.54, 1.807) is 0 Å². The Kier molecular flexibility index (Phi) is 17.9. The number of unbranched alkanes of at least 4 members (excludes halogenated alkanes) is 1. The molecule has 0 saturated carbocycles. The van der Waals surface area contributed by atoms with Gasteiger partial charge in [0.05, 0.1) is 19.5 Å². The number of aliphatic carboxylic acids is 1. The van der Waals surface area contributed by atoms with E-state index in [-0.39, 0.29) is 48.7 Å². The Morgan fingerprint density at radius 1 is 1.05 bits per heavy atom. The number of fused-ring (bicyclic) bond motifs is 1. The molecule has 30 heteroatoms. The number of carboxylic acid groups (broad SMARTS) is 1. The Balaban J connectivity index is 1.48. The maximum Gasteiger partial charge on any atom is 0.481 e. The minimum absolute atomic E-state index is 0.0191. The van der Waals surface area contributed by atoms with Crippen molar-refractivity contribution in [3.63, 3.8) is 0 Å². The van der Waals surface area contributed by atoms with Crippen LogP contribution in [0.5, 0.6) is 0 Å². The number of nitrogens with one attached hydrogen (secondary N) is 2. The molecule has 0 spiro atoms. The van der Waals surface area contributed by atoms with Gasteiger partial charge < -0.3 is 56.0 Å². The zero-order valence-corrected chi connectivity index (χ0v) is 34.6. The van der Waals surface area contributed by atoms with E-state index >= 15 is 0 Å². The van der Waals surface area contributed by atoms with Crippen LogP contribution in [0.1, 0.15) is 52.7 Å². The van der Waals surface area contributed by atoms with E-state index in [9.17, 15) is 67.8 Å². The highest BCUT2D eigenvalue weighted by atomic mass is 32.2. The number of thioether (sulfide) groups is 1. The summed E-state index contributed by atoms with van der Waals surface area (Å²) in [4.78, 5) is 99.1. The van der Waals surface area contributed by atoms with Gasteiger partial charge in [-0.1, -0.05) is 45.4 Å². The summed E-state index contributed by atoms with van der Waals surface area (Å²) < 4.78 is 62.0. The number of ether oxygens (including phenoxy) is 1. The molecular formula is C28H46N7O19P3S. The number of carboxylic acids is 1. The Morgan fingerprint density at radius 2 is 1.72 bits per heavy atom. The number of phosphoric acid groups is 3. The van der Waals surface area contributed by atoms with Crippen molar-refractivity contribution in [3.05, 3.63) is 12.7 Å². The fourth-order valence-electron chi connectivity index (χ4n) is 5.13. The van der Waals surface area contributed by atoms with Gasteiger partial charge >= 0.3 is 29.4 Å². The first-order valence-corrected chi connectivity index (χ1v) is 22.7. The number of aromatic nitrogens is 4. The van der Waals surface area contributed by atoms with Crippen LogP contribution in [0.4, 0.5) is 5.82 Å². The lowest BCUT2D eigenvalue weighted by Gasteiger charge is -2.30. The van der Waals surface area contributed by atoms with E-state index in [0.717, 1.165) is 35.4 Å². The summed E-state index contributed by atoms with van der Waals surface area (Å²) in [5.74, 6) is -3.86. The molecule has 58 heavy (non-hydrogen) atoms. The number of carbonyl (C=O) groups excluding carboxylic acids is 3. The third-order valence-electron chi connectivity index (χ3n) is 8.18. The van der Waals surface area contributed by atoms with Gasteiger partial charge in [-0.15, -0.1) is 0 Å². The number of carbonyl (C=O) groups is 4. The maximum atomic E-state index is 12.7. The first kappa shape index (κ1) is 49.4. The number of phosphoric ester groups is 3. The summed E-state index contributed by atoms with van der Waals surface area (Å²) in [5.41, 5.74) is 4.20. The van der Waals surface area contributed by atoms with Crippen molar-refractivity contribution in [2.75, 3.05) is 37.8 Å². The average Bonchev–Trinajstić information content (AvgIpc) is 3.68. The van der Waals surface area contributed by atoms with Crippen LogP contribution in [0.2, 0.25) is 0 Å². The van der Waals surface area contributed by atoms with E-state index in [1.165, 1.54) is 13.8 Å². The van der Waals surface area contributed by atoms with E-state index in [0.29, 0.717) is 6.42 Å². The Bertz CT molecular complexity index is 1920. The zero-order chi connectivity index (χ0) is 43.6. The molecule has 8 unspecified atom stereocenters. The Hall–Kier alpha value is -2.97. The van der Waals surface area contributed by atoms with Gasteiger partial charge in [-0.2, -0.15) is 4.31 Å². The number of anilines is 1. The molecule has 0 aromatic carbocycles. The third kappa shape index (κ3) is 14.6. The number of nitrogen functional groups attached to an aromatic ring is 1. The standard InChI is InChI=1S/C28H46N7O19P3S/c1-4-5-6-15(26(40)41)27(42)58-10-9-30-17(36)7-8-31-24(39)21(38)28(2,3)12-51-57(48,49)54-56(46,47)50-11-16-20(53-55(43,44)45)19(37)25(52-16)35-14-34-18-22(29)32-13-33-23(18)35/h13-16,19-21,25,37-38H,4-12H2,1-3H3,(H,30,36)(H,31,39)(H,40,41)(H,46,47)(H,48,49)(H2,29,32,33)(H2,43,44,45). The summed E-state index contributed by atoms with van der Waals surface area (Å²) in [6, 6.07) is 0. The molecule has 328 valence electrons. The van der Waals surface area contributed by atoms with Crippen molar-refractivity contribution in [3.8, 4) is 0 Å². The number of amides is 2. The molecule has 0 aliphatic carbocycles. The normalized spacial score (nSPS) is 21.8. The van der Waals surface area contributed by atoms with Gasteiger partial charge in [0.15, 0.2) is 17.7 Å². The number of hydrogen-bond acceptors (Lipinski definition) is 19. The lowest BCUT2D eigenvalue weighted by molar-refractivity contribution is -0.144. The highest BCUT2D eigenvalue weighted by molar-refractivity contribution is 8.13. The van der Waals surface area contributed by atoms with Crippen LogP contribution < -0.4 is 16.4 Å². The largest absolute Gasteiger partial charge is 0.481 e. The molecule has 3 heterocycles. The number of aliphatic hydroxyl groups excluding tert-OH is 2. The molecule has 2 amide bonds. The predicted molar refractivity (Wildman–Crippen MR) is 198 cm³/mol. The second kappa shape index (κ2) is 21.0. The van der Waals surface area contributed by atoms with Crippen LogP contribution in [-0.4, -0.2) is 134 Å². The monoisotopic (exact) mass is 909 g/mol. The first-order chi connectivity index (χ1) is 26.9. The molecule has 1 saturated heterocycles. The minimum atomic E-state index is -5.59. The lowest BCUT2D eigenvalue weighted by atomic mass is 9.87. The summed E-state index contributed by atoms with van der Waals surface area (Å²) in [5, 5.41) is 35.0. The van der Waals surface area contributed by atoms with Crippen molar-refractivity contribution in [2.24, 2.45) is 11.3 Å². The minimum Gasteiger partial charge on any atom is -0.481 e. The van der Waals surface area contributed by atoms with Crippen LogP contribution in [0.25, 0.3) is 11.2 Å². The Morgan fingerprint density at radius 3 is 2.36 bits per heavy atom. The Labute approximate surface area is 334 Å². The number of rotatable bonds is 24. The third-order valence-corrected chi connectivity index (χ3v) is 12.3. The van der Waals surface area contributed by atoms with Crippen LogP contribution in [0.3, 0.4) is 0 Å². The molecule has 8 atom stereocenters. The number of imidazole rings is 1. The SMILES string of the molecule is CCCCC(C(=O)O)C(=O)SCCNC(=O)CCNC(=O)C(O)C(C)(C)COP(=O)(O)OP(=O)(O)OCC1OC(n2cnc3c(N)ncnc32)C(O)C1OP(=O)(O)O. The van der Waals surface area contributed by atoms with Crippen LogP contribution in [0, 0.1) is 11.3 Å². The lowest BCUT2D eigenvalue weighted by Crippen LogP contribution is -2.46. The van der Waals surface area contributed by atoms with Crippen molar-refractivity contribution in [1.29, 1.82) is 0 Å². The van der Waals surface area contributed by atoms with Gasteiger partial charge in [0, 0.05) is 30.7 Å². The fourth-order valence-corrected chi connectivity index (χ4v) is 8.79. The van der Waals surface area contributed by atoms with Gasteiger partial charge in [-0.25, -0.2) is 28.6 Å². The number of hydrogen-bond donors (Lipinski definition) is 10. The van der Waals surface area contributed by atoms with Crippen LogP contribution in [-0.2, 0) is 55.5 Å². The topological polar surface area (TPSA) is 401 Å². The summed E-state index contributed by atoms with van der Waals surface area (Å²) in [6.45, 7) is 2.01. The molecule has 1 aliphatic rings. The molecule has 26 nitrogen and oxygen atoms in total. The van der Waals surface area contributed by atoms with Crippen LogP contribution >= 0.6 is 35.2 Å². The molecule has 3 rings (SSSR count). The average molecular weight is 910 g/mol. The van der Waals surface area contributed by atoms with Crippen molar-refractivity contribution in [1.82, 2.24) is 30.2 Å².